The molecule has 0 spiro atoms. The number of nitrogens with one attached hydrogen (secondary N) is 3. The second-order valence-corrected chi connectivity index (χ2v) is 7.25. The lowest BCUT2D eigenvalue weighted by Crippen LogP contribution is -2.35. The Balaban J connectivity index is 1.96. The van der Waals surface area contributed by atoms with Crippen LogP contribution < -0.4 is 16.4 Å². The molecule has 0 aliphatic heterocycles. The van der Waals surface area contributed by atoms with Crippen molar-refractivity contribution in [2.75, 3.05) is 19.6 Å². The lowest BCUT2D eigenvalue weighted by Gasteiger charge is -2.08. The van der Waals surface area contributed by atoms with Crippen molar-refractivity contribution >= 4 is 5.96 Å². The molecular weight excluding hydrogens is 350 g/mol. The lowest BCUT2D eigenvalue weighted by atomic mass is 10.1. The Hall–Kier alpha value is -2.07. The maximum absolute atomic E-state index is 8.86. The van der Waals surface area contributed by atoms with Crippen molar-refractivity contribution in [3.8, 4) is 6.19 Å². The van der Waals surface area contributed by atoms with Gasteiger partial charge in [0.05, 0.1) is 6.33 Å². The molecule has 1 aromatic rings. The predicted octanol–water partition coefficient (Wildman–Crippen LogP) is 3.61. The standard InChI is InChI=1S/C21H39N7/c22-14-10-7-5-3-1-2-4-6-8-11-15-25-21(27-18-23)26-16-12-9-13-20-17-24-19-28-20/h17,19H,1-16,22H2,(H,24,28)(H2,25,26,27). The molecule has 0 aromatic carbocycles. The first-order valence-corrected chi connectivity index (χ1v) is 11.0. The fourth-order valence-corrected chi connectivity index (χ4v) is 3.12. The van der Waals surface area contributed by atoms with E-state index in [1.807, 2.05) is 12.4 Å². The second-order valence-electron chi connectivity index (χ2n) is 7.25. The number of rotatable bonds is 17. The first-order valence-electron chi connectivity index (χ1n) is 11.0. The van der Waals surface area contributed by atoms with E-state index in [-0.39, 0.29) is 0 Å². The number of nitrogens with zero attached hydrogens (tertiary/aromatic N) is 3. The van der Waals surface area contributed by atoms with E-state index in [0.29, 0.717) is 5.96 Å². The van der Waals surface area contributed by atoms with Crippen LogP contribution in [-0.4, -0.2) is 35.6 Å². The number of guanidine groups is 1. The van der Waals surface area contributed by atoms with Crippen molar-refractivity contribution in [2.24, 2.45) is 10.7 Å². The molecule has 0 atom stereocenters. The Labute approximate surface area is 170 Å². The molecule has 0 unspecified atom stereocenters. The molecule has 0 amide bonds. The summed E-state index contributed by atoms with van der Waals surface area (Å²) in [7, 11) is 0. The molecule has 0 saturated carbocycles. The fraction of sp³-hybridized carbons (Fsp3) is 0.762. The van der Waals surface area contributed by atoms with Gasteiger partial charge in [-0.15, -0.1) is 0 Å². The Bertz CT molecular complexity index is 519. The van der Waals surface area contributed by atoms with E-state index in [2.05, 4.69) is 25.6 Å². The Morgan fingerprint density at radius 2 is 1.68 bits per heavy atom. The van der Waals surface area contributed by atoms with Crippen LogP contribution in [0.3, 0.4) is 0 Å². The quantitative estimate of drug-likeness (QED) is 0.107. The first-order chi connectivity index (χ1) is 13.9. The van der Waals surface area contributed by atoms with Gasteiger partial charge in [-0.3, -0.25) is 10.3 Å². The van der Waals surface area contributed by atoms with E-state index in [1.54, 1.807) is 6.33 Å². The van der Waals surface area contributed by atoms with Gasteiger partial charge in [0.1, 0.15) is 0 Å². The van der Waals surface area contributed by atoms with Crippen LogP contribution in [0, 0.1) is 11.5 Å². The van der Waals surface area contributed by atoms with Crippen molar-refractivity contribution in [3.63, 3.8) is 0 Å². The van der Waals surface area contributed by atoms with E-state index >= 15 is 0 Å². The SMILES string of the molecule is N#CNC(=NCCCCCCCCCCCCN)NCCCCc1cnc[nH]1. The van der Waals surface area contributed by atoms with Crippen molar-refractivity contribution in [3.05, 3.63) is 18.2 Å². The number of imidazole rings is 1. The van der Waals surface area contributed by atoms with Crippen molar-refractivity contribution < 1.29 is 0 Å². The third kappa shape index (κ3) is 14.0. The van der Waals surface area contributed by atoms with Crippen molar-refractivity contribution in [2.45, 2.75) is 83.5 Å². The summed E-state index contributed by atoms with van der Waals surface area (Å²) in [6, 6.07) is 0. The maximum Gasteiger partial charge on any atom is 0.204 e. The summed E-state index contributed by atoms with van der Waals surface area (Å²) in [5.74, 6) is 0.599. The maximum atomic E-state index is 8.86. The van der Waals surface area contributed by atoms with Gasteiger partial charge in [0, 0.05) is 25.0 Å². The summed E-state index contributed by atoms with van der Waals surface area (Å²) in [5, 5.41) is 14.7. The molecule has 28 heavy (non-hydrogen) atoms. The molecule has 1 heterocycles. The van der Waals surface area contributed by atoms with E-state index in [4.69, 9.17) is 11.0 Å². The lowest BCUT2D eigenvalue weighted by molar-refractivity contribution is 0.554. The predicted molar refractivity (Wildman–Crippen MR) is 116 cm³/mol. The highest BCUT2D eigenvalue weighted by molar-refractivity contribution is 5.81. The van der Waals surface area contributed by atoms with Gasteiger partial charge in [-0.05, 0) is 38.6 Å². The molecule has 7 heteroatoms. The van der Waals surface area contributed by atoms with Crippen LogP contribution >= 0.6 is 0 Å². The molecule has 0 bridgehead atoms. The fourth-order valence-electron chi connectivity index (χ4n) is 3.12. The molecular formula is C21H39N7. The number of nitrogens with two attached hydrogens (primary N) is 1. The normalized spacial score (nSPS) is 11.4. The first kappa shape index (κ1) is 24.0. The van der Waals surface area contributed by atoms with Gasteiger partial charge in [0.25, 0.3) is 0 Å². The Morgan fingerprint density at radius 3 is 2.29 bits per heavy atom. The number of hydrogen-bond donors (Lipinski definition) is 4. The summed E-state index contributed by atoms with van der Waals surface area (Å²) < 4.78 is 0. The average molecular weight is 390 g/mol. The number of unbranched alkanes of at least 4 members (excludes halogenated alkanes) is 10. The van der Waals surface area contributed by atoms with E-state index in [0.717, 1.165) is 51.0 Å². The average Bonchev–Trinajstić information content (AvgIpc) is 3.22. The Kier molecular flexibility index (Phi) is 15.7. The van der Waals surface area contributed by atoms with E-state index in [9.17, 15) is 0 Å². The zero-order valence-electron chi connectivity index (χ0n) is 17.4. The molecule has 5 N–H and O–H groups in total. The van der Waals surface area contributed by atoms with E-state index in [1.165, 1.54) is 57.8 Å². The highest BCUT2D eigenvalue weighted by Crippen LogP contribution is 2.10. The number of hydrogen-bond acceptors (Lipinski definition) is 4. The summed E-state index contributed by atoms with van der Waals surface area (Å²) in [5.41, 5.74) is 6.66. The van der Waals surface area contributed by atoms with Crippen LogP contribution in [0.15, 0.2) is 17.5 Å². The molecule has 158 valence electrons. The van der Waals surface area contributed by atoms with Crippen LogP contribution in [0.1, 0.15) is 82.7 Å². The summed E-state index contributed by atoms with van der Waals surface area (Å²) in [6.45, 7) is 2.41. The summed E-state index contributed by atoms with van der Waals surface area (Å²) >= 11 is 0. The third-order valence-electron chi connectivity index (χ3n) is 4.78. The molecule has 0 saturated heterocycles. The molecule has 0 radical (unpaired) electrons. The van der Waals surface area contributed by atoms with Gasteiger partial charge in [-0.25, -0.2) is 4.98 Å². The molecule has 1 rings (SSSR count). The number of aryl methyl sites for hydroxylation is 1. The number of aromatic nitrogens is 2. The Morgan fingerprint density at radius 1 is 1.00 bits per heavy atom. The van der Waals surface area contributed by atoms with Gasteiger partial charge in [0.15, 0.2) is 6.19 Å². The number of H-pyrrole nitrogens is 1. The van der Waals surface area contributed by atoms with Crippen LogP contribution in [0.25, 0.3) is 0 Å². The molecule has 1 aromatic heterocycles. The monoisotopic (exact) mass is 389 g/mol. The topological polar surface area (TPSA) is 115 Å². The van der Waals surface area contributed by atoms with Gasteiger partial charge in [0.2, 0.25) is 5.96 Å². The van der Waals surface area contributed by atoms with Crippen molar-refractivity contribution in [1.82, 2.24) is 20.6 Å². The number of nitriles is 1. The summed E-state index contributed by atoms with van der Waals surface area (Å²) in [4.78, 5) is 11.6. The van der Waals surface area contributed by atoms with Crippen LogP contribution in [0.4, 0.5) is 0 Å². The summed E-state index contributed by atoms with van der Waals surface area (Å²) in [6.07, 6.45) is 21.3. The van der Waals surface area contributed by atoms with Gasteiger partial charge < -0.3 is 16.0 Å². The van der Waals surface area contributed by atoms with Crippen LogP contribution in [0.5, 0.6) is 0 Å². The smallest absolute Gasteiger partial charge is 0.204 e. The molecule has 0 aliphatic carbocycles. The number of aliphatic imine (C=N–C) groups is 1. The highest BCUT2D eigenvalue weighted by Gasteiger charge is 1.99. The zero-order chi connectivity index (χ0) is 20.1. The second kappa shape index (κ2) is 18.3. The largest absolute Gasteiger partial charge is 0.356 e. The van der Waals surface area contributed by atoms with Gasteiger partial charge >= 0.3 is 0 Å². The zero-order valence-corrected chi connectivity index (χ0v) is 17.4. The molecule has 0 fully saturated rings. The third-order valence-corrected chi connectivity index (χ3v) is 4.78. The van der Waals surface area contributed by atoms with Crippen molar-refractivity contribution in [1.29, 1.82) is 5.26 Å². The number of aromatic amines is 1. The molecule has 0 aliphatic rings. The minimum Gasteiger partial charge on any atom is -0.356 e. The minimum absolute atomic E-state index is 0.599. The van der Waals surface area contributed by atoms with Crippen LogP contribution in [-0.2, 0) is 6.42 Å². The molecule has 7 nitrogen and oxygen atoms in total. The van der Waals surface area contributed by atoms with Crippen LogP contribution in [0.2, 0.25) is 0 Å². The van der Waals surface area contributed by atoms with Gasteiger partial charge in [-0.2, -0.15) is 5.26 Å². The minimum atomic E-state index is 0.599. The van der Waals surface area contributed by atoms with E-state index < -0.39 is 0 Å². The van der Waals surface area contributed by atoms with Gasteiger partial charge in [-0.1, -0.05) is 51.4 Å². The highest BCUT2D eigenvalue weighted by atomic mass is 15.2.